The van der Waals surface area contributed by atoms with Gasteiger partial charge in [-0.3, -0.25) is 20.4 Å². The second kappa shape index (κ2) is 9.41. The van der Waals surface area contributed by atoms with Crippen LogP contribution in [0.2, 0.25) is 0 Å². The minimum Gasteiger partial charge on any atom is -0.493 e. The van der Waals surface area contributed by atoms with E-state index in [9.17, 15) is 14.0 Å². The van der Waals surface area contributed by atoms with Crippen molar-refractivity contribution in [1.29, 1.82) is 0 Å². The molecule has 2 aromatic rings. The molecule has 0 fully saturated rings. The average Bonchev–Trinajstić information content (AvgIpc) is 2.61. The molecule has 7 heteroatoms. The number of hydrogen-bond donors (Lipinski definition) is 2. The van der Waals surface area contributed by atoms with Gasteiger partial charge in [-0.2, -0.15) is 0 Å². The van der Waals surface area contributed by atoms with Crippen molar-refractivity contribution in [3.05, 3.63) is 59.9 Å². The third-order valence-corrected chi connectivity index (χ3v) is 3.41. The molecule has 0 saturated carbocycles. The van der Waals surface area contributed by atoms with Crippen LogP contribution in [-0.4, -0.2) is 24.5 Å². The average molecular weight is 360 g/mol. The van der Waals surface area contributed by atoms with Gasteiger partial charge in [0.25, 0.3) is 5.91 Å². The Balaban J connectivity index is 1.67. The number of amides is 2. The Labute approximate surface area is 151 Å². The smallest absolute Gasteiger partial charge is 0.279 e. The van der Waals surface area contributed by atoms with Crippen LogP contribution in [0.4, 0.5) is 4.39 Å². The van der Waals surface area contributed by atoms with Crippen LogP contribution >= 0.6 is 0 Å². The highest BCUT2D eigenvalue weighted by Gasteiger charge is 2.15. The van der Waals surface area contributed by atoms with Gasteiger partial charge in [0.15, 0.2) is 6.10 Å². The van der Waals surface area contributed by atoms with Gasteiger partial charge >= 0.3 is 0 Å². The zero-order chi connectivity index (χ0) is 18.9. The maximum atomic E-state index is 12.8. The molecule has 0 aromatic heterocycles. The van der Waals surface area contributed by atoms with Crippen LogP contribution in [0.5, 0.6) is 11.5 Å². The quantitative estimate of drug-likeness (QED) is 0.744. The standard InChI is InChI=1S/C19H21FN2O4/c1-13-4-3-5-17(12-13)25-11-10-18(23)21-22-19(24)14(2)26-16-8-6-15(20)7-9-16/h3-9,12,14H,10-11H2,1-2H3,(H,21,23)(H,22,24). The monoisotopic (exact) mass is 360 g/mol. The number of hydrogen-bond acceptors (Lipinski definition) is 4. The molecule has 1 atom stereocenters. The molecule has 138 valence electrons. The Kier molecular flexibility index (Phi) is 6.96. The first-order valence-electron chi connectivity index (χ1n) is 8.14. The number of ether oxygens (including phenoxy) is 2. The van der Waals surface area contributed by atoms with Crippen molar-refractivity contribution in [1.82, 2.24) is 10.9 Å². The van der Waals surface area contributed by atoms with Crippen LogP contribution in [0.15, 0.2) is 48.5 Å². The molecule has 2 rings (SSSR count). The zero-order valence-corrected chi connectivity index (χ0v) is 14.6. The topological polar surface area (TPSA) is 76.7 Å². The van der Waals surface area contributed by atoms with Gasteiger partial charge in [0.2, 0.25) is 5.91 Å². The summed E-state index contributed by atoms with van der Waals surface area (Å²) >= 11 is 0. The lowest BCUT2D eigenvalue weighted by atomic mass is 10.2. The van der Waals surface area contributed by atoms with Crippen LogP contribution in [0.3, 0.4) is 0 Å². The van der Waals surface area contributed by atoms with Gasteiger partial charge in [-0.05, 0) is 55.8 Å². The molecule has 0 aliphatic heterocycles. The number of benzene rings is 2. The highest BCUT2D eigenvalue weighted by Crippen LogP contribution is 2.13. The van der Waals surface area contributed by atoms with Crippen LogP contribution in [-0.2, 0) is 9.59 Å². The van der Waals surface area contributed by atoms with E-state index in [0.29, 0.717) is 11.5 Å². The number of halogens is 1. The number of carbonyl (C=O) groups is 2. The lowest BCUT2D eigenvalue weighted by molar-refractivity contribution is -0.132. The summed E-state index contributed by atoms with van der Waals surface area (Å²) in [5.41, 5.74) is 5.64. The Morgan fingerprint density at radius 3 is 2.50 bits per heavy atom. The SMILES string of the molecule is Cc1cccc(OCCC(=O)NNC(=O)C(C)Oc2ccc(F)cc2)c1. The molecule has 0 heterocycles. The molecule has 0 radical (unpaired) electrons. The molecule has 0 aliphatic carbocycles. The van der Waals surface area contributed by atoms with Crippen molar-refractivity contribution < 1.29 is 23.5 Å². The Bertz CT molecular complexity index is 749. The van der Waals surface area contributed by atoms with E-state index in [2.05, 4.69) is 10.9 Å². The van der Waals surface area contributed by atoms with E-state index in [1.54, 1.807) is 6.07 Å². The molecular weight excluding hydrogens is 339 g/mol. The molecule has 0 saturated heterocycles. The number of nitrogens with one attached hydrogen (secondary N) is 2. The molecule has 0 bridgehead atoms. The maximum Gasteiger partial charge on any atom is 0.279 e. The Morgan fingerprint density at radius 1 is 1.08 bits per heavy atom. The van der Waals surface area contributed by atoms with Gasteiger partial charge in [0.05, 0.1) is 13.0 Å². The normalized spacial score (nSPS) is 11.3. The van der Waals surface area contributed by atoms with Crippen molar-refractivity contribution in [3.8, 4) is 11.5 Å². The van der Waals surface area contributed by atoms with E-state index in [0.717, 1.165) is 5.56 Å². The third-order valence-electron chi connectivity index (χ3n) is 3.41. The van der Waals surface area contributed by atoms with Gasteiger partial charge in [-0.1, -0.05) is 12.1 Å². The van der Waals surface area contributed by atoms with E-state index in [1.807, 2.05) is 25.1 Å². The summed E-state index contributed by atoms with van der Waals surface area (Å²) in [5.74, 6) is -0.271. The summed E-state index contributed by atoms with van der Waals surface area (Å²) in [6.07, 6.45) is -0.772. The van der Waals surface area contributed by atoms with Gasteiger partial charge in [0, 0.05) is 0 Å². The first-order chi connectivity index (χ1) is 12.4. The number of hydrazine groups is 1. The molecule has 2 aromatic carbocycles. The molecule has 26 heavy (non-hydrogen) atoms. The lowest BCUT2D eigenvalue weighted by Crippen LogP contribution is -2.47. The predicted molar refractivity (Wildman–Crippen MR) is 94.1 cm³/mol. The second-order valence-corrected chi connectivity index (χ2v) is 5.67. The Hall–Kier alpha value is -3.09. The van der Waals surface area contributed by atoms with E-state index in [1.165, 1.54) is 31.2 Å². The third kappa shape index (κ3) is 6.43. The van der Waals surface area contributed by atoms with Crippen molar-refractivity contribution in [3.63, 3.8) is 0 Å². The molecule has 2 N–H and O–H groups in total. The van der Waals surface area contributed by atoms with E-state index < -0.39 is 17.8 Å². The van der Waals surface area contributed by atoms with Gasteiger partial charge in [-0.25, -0.2) is 4.39 Å². The number of aryl methyl sites for hydroxylation is 1. The fourth-order valence-electron chi connectivity index (χ4n) is 2.03. The molecule has 2 amide bonds. The van der Waals surface area contributed by atoms with Crippen LogP contribution in [0.25, 0.3) is 0 Å². The van der Waals surface area contributed by atoms with E-state index in [-0.39, 0.29) is 18.9 Å². The fraction of sp³-hybridized carbons (Fsp3) is 0.263. The highest BCUT2D eigenvalue weighted by molar-refractivity contribution is 5.84. The van der Waals surface area contributed by atoms with Crippen molar-refractivity contribution in [2.75, 3.05) is 6.61 Å². The number of carbonyl (C=O) groups excluding carboxylic acids is 2. The summed E-state index contributed by atoms with van der Waals surface area (Å²) in [6.45, 7) is 3.66. The summed E-state index contributed by atoms with van der Waals surface area (Å²) < 4.78 is 23.7. The molecule has 1 unspecified atom stereocenters. The molecule has 0 spiro atoms. The van der Waals surface area contributed by atoms with E-state index >= 15 is 0 Å². The van der Waals surface area contributed by atoms with Gasteiger partial charge in [-0.15, -0.1) is 0 Å². The predicted octanol–water partition coefficient (Wildman–Crippen LogP) is 2.52. The first-order valence-corrected chi connectivity index (χ1v) is 8.14. The van der Waals surface area contributed by atoms with Crippen molar-refractivity contribution in [2.45, 2.75) is 26.4 Å². The second-order valence-electron chi connectivity index (χ2n) is 5.67. The van der Waals surface area contributed by atoms with Gasteiger partial charge in [0.1, 0.15) is 17.3 Å². The maximum absolute atomic E-state index is 12.8. The van der Waals surface area contributed by atoms with Crippen LogP contribution in [0.1, 0.15) is 18.9 Å². The number of rotatable bonds is 7. The van der Waals surface area contributed by atoms with Crippen molar-refractivity contribution >= 4 is 11.8 Å². The molecular formula is C19H21FN2O4. The lowest BCUT2D eigenvalue weighted by Gasteiger charge is -2.15. The zero-order valence-electron chi connectivity index (χ0n) is 14.6. The van der Waals surface area contributed by atoms with Gasteiger partial charge < -0.3 is 9.47 Å². The Morgan fingerprint density at radius 2 is 1.81 bits per heavy atom. The largest absolute Gasteiger partial charge is 0.493 e. The fourth-order valence-corrected chi connectivity index (χ4v) is 2.03. The van der Waals surface area contributed by atoms with Crippen molar-refractivity contribution in [2.24, 2.45) is 0 Å². The summed E-state index contributed by atoms with van der Waals surface area (Å²) in [5, 5.41) is 0. The first kappa shape index (κ1) is 19.2. The minimum absolute atomic E-state index is 0.0847. The highest BCUT2D eigenvalue weighted by atomic mass is 19.1. The summed E-state index contributed by atoms with van der Waals surface area (Å²) in [4.78, 5) is 23.6. The van der Waals surface area contributed by atoms with E-state index in [4.69, 9.17) is 9.47 Å². The summed E-state index contributed by atoms with van der Waals surface area (Å²) in [6, 6.07) is 12.8. The van der Waals surface area contributed by atoms with Crippen LogP contribution < -0.4 is 20.3 Å². The molecule has 0 aliphatic rings. The summed E-state index contributed by atoms with van der Waals surface area (Å²) in [7, 11) is 0. The van der Waals surface area contributed by atoms with Crippen LogP contribution in [0, 0.1) is 12.7 Å². The molecule has 6 nitrogen and oxygen atoms in total. The minimum atomic E-state index is -0.857.